The van der Waals surface area contributed by atoms with Crippen LogP contribution in [0.1, 0.15) is 10.4 Å². The summed E-state index contributed by atoms with van der Waals surface area (Å²) in [6.07, 6.45) is 1.74. The minimum atomic E-state index is -0.0391. The number of carbonyl (C=O) groups is 1. The molecule has 1 aromatic heterocycles. The smallest absolute Gasteiger partial charge is 0.254 e. The van der Waals surface area contributed by atoms with Gasteiger partial charge in [-0.05, 0) is 24.3 Å². The zero-order chi connectivity index (χ0) is 13.0. The first-order chi connectivity index (χ1) is 8.72. The Kier molecular flexibility index (Phi) is 3.99. The average molecular weight is 258 g/mol. The summed E-state index contributed by atoms with van der Waals surface area (Å²) in [5, 5.41) is 0. The van der Waals surface area contributed by atoms with Crippen molar-refractivity contribution in [2.45, 2.75) is 0 Å². The van der Waals surface area contributed by atoms with E-state index < -0.39 is 0 Å². The second kappa shape index (κ2) is 5.69. The van der Waals surface area contributed by atoms with Gasteiger partial charge in [-0.25, -0.2) is 0 Å². The van der Waals surface area contributed by atoms with Crippen molar-refractivity contribution in [1.82, 2.24) is 9.88 Å². The third kappa shape index (κ3) is 2.71. The summed E-state index contributed by atoms with van der Waals surface area (Å²) in [6, 6.07) is 13.2. The number of hydrogen-bond acceptors (Lipinski definition) is 3. The number of hydrogen-bond donors (Lipinski definition) is 1. The van der Waals surface area contributed by atoms with Crippen LogP contribution in [0.2, 0.25) is 0 Å². The van der Waals surface area contributed by atoms with Gasteiger partial charge in [0.25, 0.3) is 5.91 Å². The zero-order valence-corrected chi connectivity index (χ0v) is 11.0. The van der Waals surface area contributed by atoms with Crippen molar-refractivity contribution in [2.24, 2.45) is 0 Å². The van der Waals surface area contributed by atoms with Crippen molar-refractivity contribution in [3.63, 3.8) is 0 Å². The second-order valence-electron chi connectivity index (χ2n) is 3.94. The molecule has 92 valence electrons. The molecule has 0 fully saturated rings. The van der Waals surface area contributed by atoms with Crippen molar-refractivity contribution in [1.29, 1.82) is 0 Å². The third-order valence-corrected chi connectivity index (χ3v) is 3.05. The fourth-order valence-corrected chi connectivity index (χ4v) is 1.76. The zero-order valence-electron chi connectivity index (χ0n) is 10.1. The van der Waals surface area contributed by atoms with Crippen LogP contribution in [0.25, 0.3) is 11.3 Å². The molecule has 1 heterocycles. The van der Waals surface area contributed by atoms with Crippen LogP contribution in [0.3, 0.4) is 0 Å². The standard InChI is InChI=1S/C14H14N2OS/c1-16(10-18)14(17)12-6-4-5-11(9-12)13-7-2-3-8-15-13/h2-9,18H,10H2,1H3. The Morgan fingerprint density at radius 2 is 2.11 bits per heavy atom. The first kappa shape index (κ1) is 12.6. The highest BCUT2D eigenvalue weighted by Crippen LogP contribution is 2.18. The van der Waals surface area contributed by atoms with E-state index in [9.17, 15) is 4.79 Å². The Balaban J connectivity index is 2.34. The van der Waals surface area contributed by atoms with Crippen LogP contribution in [-0.4, -0.2) is 28.7 Å². The van der Waals surface area contributed by atoms with Crippen LogP contribution >= 0.6 is 12.6 Å². The molecule has 0 atom stereocenters. The molecule has 0 spiro atoms. The van der Waals surface area contributed by atoms with Gasteiger partial charge in [-0.15, -0.1) is 0 Å². The summed E-state index contributed by atoms with van der Waals surface area (Å²) in [5.41, 5.74) is 2.45. The van der Waals surface area contributed by atoms with Crippen molar-refractivity contribution in [3.8, 4) is 11.3 Å². The first-order valence-electron chi connectivity index (χ1n) is 5.60. The predicted octanol–water partition coefficient (Wildman–Crippen LogP) is 2.71. The molecule has 0 N–H and O–H groups in total. The first-order valence-corrected chi connectivity index (χ1v) is 6.23. The topological polar surface area (TPSA) is 33.2 Å². The Labute approximate surface area is 112 Å². The van der Waals surface area contributed by atoms with Crippen molar-refractivity contribution < 1.29 is 4.79 Å². The van der Waals surface area contributed by atoms with Gasteiger partial charge >= 0.3 is 0 Å². The molecule has 0 saturated heterocycles. The number of thiol groups is 1. The molecule has 18 heavy (non-hydrogen) atoms. The quantitative estimate of drug-likeness (QED) is 0.678. The maximum atomic E-state index is 12.0. The lowest BCUT2D eigenvalue weighted by molar-refractivity contribution is 0.0821. The van der Waals surface area contributed by atoms with E-state index in [2.05, 4.69) is 17.6 Å². The predicted molar refractivity (Wildman–Crippen MR) is 75.6 cm³/mol. The molecule has 4 heteroatoms. The molecule has 1 amide bonds. The van der Waals surface area contributed by atoms with Gasteiger partial charge in [-0.1, -0.05) is 18.2 Å². The van der Waals surface area contributed by atoms with Gasteiger partial charge in [-0.2, -0.15) is 12.6 Å². The Bertz CT molecular complexity index is 543. The lowest BCUT2D eigenvalue weighted by Gasteiger charge is -2.14. The number of rotatable bonds is 3. The number of carbonyl (C=O) groups excluding carboxylic acids is 1. The summed E-state index contributed by atoms with van der Waals surface area (Å²) in [6.45, 7) is 0. The highest BCUT2D eigenvalue weighted by atomic mass is 32.1. The molecule has 1 aromatic carbocycles. The van der Waals surface area contributed by atoms with Gasteiger partial charge in [0.05, 0.1) is 11.6 Å². The summed E-state index contributed by atoms with van der Waals surface area (Å²) in [4.78, 5) is 17.8. The fourth-order valence-electron chi connectivity index (χ4n) is 1.63. The number of benzene rings is 1. The molecule has 2 rings (SSSR count). The summed E-state index contributed by atoms with van der Waals surface area (Å²) >= 11 is 4.09. The number of nitrogens with zero attached hydrogens (tertiary/aromatic N) is 2. The van der Waals surface area contributed by atoms with Crippen LogP contribution in [0.15, 0.2) is 48.7 Å². The largest absolute Gasteiger partial charge is 0.333 e. The van der Waals surface area contributed by atoms with E-state index >= 15 is 0 Å². The maximum Gasteiger partial charge on any atom is 0.254 e. The minimum absolute atomic E-state index is 0.0391. The van der Waals surface area contributed by atoms with E-state index in [1.54, 1.807) is 24.2 Å². The number of amides is 1. The molecule has 0 unspecified atom stereocenters. The molecule has 0 aliphatic carbocycles. The highest BCUT2D eigenvalue weighted by Gasteiger charge is 2.11. The van der Waals surface area contributed by atoms with Crippen LogP contribution in [0.4, 0.5) is 0 Å². The van der Waals surface area contributed by atoms with E-state index in [1.807, 2.05) is 36.4 Å². The van der Waals surface area contributed by atoms with Crippen molar-refractivity contribution in [2.75, 3.05) is 12.9 Å². The molecule has 0 aliphatic rings. The van der Waals surface area contributed by atoms with Crippen molar-refractivity contribution in [3.05, 3.63) is 54.2 Å². The van der Waals surface area contributed by atoms with Crippen LogP contribution in [0, 0.1) is 0 Å². The molecule has 3 nitrogen and oxygen atoms in total. The van der Waals surface area contributed by atoms with Gasteiger partial charge in [0.15, 0.2) is 0 Å². The van der Waals surface area contributed by atoms with Gasteiger partial charge in [0.2, 0.25) is 0 Å². The van der Waals surface area contributed by atoms with E-state index in [1.165, 1.54) is 0 Å². The van der Waals surface area contributed by atoms with E-state index in [4.69, 9.17) is 0 Å². The SMILES string of the molecule is CN(CS)C(=O)c1cccc(-c2ccccn2)c1. The molecule has 0 aliphatic heterocycles. The fraction of sp³-hybridized carbons (Fsp3) is 0.143. The summed E-state index contributed by atoms with van der Waals surface area (Å²) in [5.74, 6) is 0.356. The van der Waals surface area contributed by atoms with Gasteiger partial charge < -0.3 is 4.90 Å². The van der Waals surface area contributed by atoms with E-state index in [0.717, 1.165) is 11.3 Å². The van der Waals surface area contributed by atoms with E-state index in [0.29, 0.717) is 11.4 Å². The Morgan fingerprint density at radius 1 is 1.28 bits per heavy atom. The molecule has 0 radical (unpaired) electrons. The molecule has 2 aromatic rings. The highest BCUT2D eigenvalue weighted by molar-refractivity contribution is 7.80. The number of aromatic nitrogens is 1. The maximum absolute atomic E-state index is 12.0. The van der Waals surface area contributed by atoms with Crippen molar-refractivity contribution >= 4 is 18.5 Å². The summed E-state index contributed by atoms with van der Waals surface area (Å²) in [7, 11) is 1.72. The average Bonchev–Trinajstić information content (AvgIpc) is 2.46. The van der Waals surface area contributed by atoms with Crippen LogP contribution < -0.4 is 0 Å². The van der Waals surface area contributed by atoms with Gasteiger partial charge in [0, 0.05) is 24.4 Å². The second-order valence-corrected chi connectivity index (χ2v) is 4.22. The van der Waals surface area contributed by atoms with E-state index in [-0.39, 0.29) is 5.91 Å². The lowest BCUT2D eigenvalue weighted by Crippen LogP contribution is -2.25. The molecule has 0 saturated carbocycles. The van der Waals surface area contributed by atoms with Gasteiger partial charge in [0.1, 0.15) is 0 Å². The Hall–Kier alpha value is -1.81. The van der Waals surface area contributed by atoms with Crippen LogP contribution in [-0.2, 0) is 0 Å². The lowest BCUT2D eigenvalue weighted by atomic mass is 10.1. The van der Waals surface area contributed by atoms with Crippen LogP contribution in [0.5, 0.6) is 0 Å². The Morgan fingerprint density at radius 3 is 2.78 bits per heavy atom. The minimum Gasteiger partial charge on any atom is -0.333 e. The monoisotopic (exact) mass is 258 g/mol. The molecule has 0 bridgehead atoms. The number of pyridine rings is 1. The molecular formula is C14H14N2OS. The normalized spacial score (nSPS) is 10.1. The van der Waals surface area contributed by atoms with Gasteiger partial charge in [-0.3, -0.25) is 9.78 Å². The molecular weight excluding hydrogens is 244 g/mol. The summed E-state index contributed by atoms with van der Waals surface area (Å²) < 4.78 is 0. The third-order valence-electron chi connectivity index (χ3n) is 2.63.